The molecule has 0 radical (unpaired) electrons. The molecule has 7 nitrogen and oxygen atoms in total. The maximum absolute atomic E-state index is 11.4. The Kier molecular flexibility index (Phi) is 7.04. The molecule has 0 unspecified atom stereocenters. The van der Waals surface area contributed by atoms with E-state index in [1.54, 1.807) is 19.9 Å². The van der Waals surface area contributed by atoms with Crippen molar-refractivity contribution < 1.29 is 24.3 Å². The number of esters is 1. The predicted molar refractivity (Wildman–Crippen MR) is 79.0 cm³/mol. The smallest absolute Gasteiger partial charge is 0.334 e. The van der Waals surface area contributed by atoms with Gasteiger partial charge in [0.05, 0.1) is 30.3 Å². The SMILES string of the molecule is CCOC(=O)/C=C(\C[C@@H](O)c1cccc([N+](=O)[O-])c1)OCC. The summed E-state index contributed by atoms with van der Waals surface area (Å²) in [4.78, 5) is 21.7. The minimum atomic E-state index is -1.02. The van der Waals surface area contributed by atoms with Crippen LogP contribution >= 0.6 is 0 Å². The fourth-order valence-corrected chi connectivity index (χ4v) is 1.81. The highest BCUT2D eigenvalue weighted by Crippen LogP contribution is 2.24. The first-order valence-corrected chi connectivity index (χ1v) is 6.90. The molecule has 0 saturated carbocycles. The molecule has 0 aliphatic heterocycles. The molecule has 7 heteroatoms. The van der Waals surface area contributed by atoms with Gasteiger partial charge in [0, 0.05) is 18.6 Å². The molecule has 1 aromatic carbocycles. The molecule has 1 aromatic rings. The van der Waals surface area contributed by atoms with Crippen LogP contribution in [0.15, 0.2) is 36.1 Å². The Bertz CT molecular complexity index is 555. The van der Waals surface area contributed by atoms with Gasteiger partial charge < -0.3 is 14.6 Å². The van der Waals surface area contributed by atoms with Gasteiger partial charge in [0.2, 0.25) is 0 Å². The maximum Gasteiger partial charge on any atom is 0.334 e. The van der Waals surface area contributed by atoms with E-state index in [0.29, 0.717) is 12.2 Å². The van der Waals surface area contributed by atoms with E-state index >= 15 is 0 Å². The molecule has 1 rings (SSSR count). The zero-order chi connectivity index (χ0) is 16.5. The number of benzene rings is 1. The van der Waals surface area contributed by atoms with E-state index in [-0.39, 0.29) is 24.5 Å². The van der Waals surface area contributed by atoms with Gasteiger partial charge in [-0.05, 0) is 19.4 Å². The number of nitro groups is 1. The largest absolute Gasteiger partial charge is 0.498 e. The lowest BCUT2D eigenvalue weighted by Gasteiger charge is -2.14. The summed E-state index contributed by atoms with van der Waals surface area (Å²) in [5.74, 6) is -0.294. The van der Waals surface area contributed by atoms with Crippen molar-refractivity contribution in [2.75, 3.05) is 13.2 Å². The standard InChI is InChI=1S/C15H19NO6/c1-3-21-13(10-15(18)22-4-2)9-14(17)11-6-5-7-12(8-11)16(19)20/h5-8,10,14,17H,3-4,9H2,1-2H3/b13-10+/t14-/m1/s1. The Hall–Kier alpha value is -2.41. The summed E-state index contributed by atoms with van der Waals surface area (Å²) in [6.07, 6.45) is 0.175. The quantitative estimate of drug-likeness (QED) is 0.260. The normalized spacial score (nSPS) is 12.6. The highest BCUT2D eigenvalue weighted by atomic mass is 16.6. The van der Waals surface area contributed by atoms with Crippen LogP contribution in [0, 0.1) is 10.1 Å². The van der Waals surface area contributed by atoms with Crippen LogP contribution in [0.3, 0.4) is 0 Å². The molecule has 0 amide bonds. The Morgan fingerprint density at radius 2 is 2.05 bits per heavy atom. The molecule has 22 heavy (non-hydrogen) atoms. The van der Waals surface area contributed by atoms with Crippen LogP contribution in [-0.2, 0) is 14.3 Å². The minimum Gasteiger partial charge on any atom is -0.498 e. The van der Waals surface area contributed by atoms with Gasteiger partial charge in [-0.15, -0.1) is 0 Å². The van der Waals surface area contributed by atoms with Gasteiger partial charge in [-0.3, -0.25) is 10.1 Å². The van der Waals surface area contributed by atoms with E-state index in [9.17, 15) is 20.0 Å². The van der Waals surface area contributed by atoms with Crippen LogP contribution < -0.4 is 0 Å². The summed E-state index contributed by atoms with van der Waals surface area (Å²) < 4.78 is 10.1. The van der Waals surface area contributed by atoms with Gasteiger partial charge in [0.15, 0.2) is 0 Å². The molecule has 120 valence electrons. The first kappa shape index (κ1) is 17.6. The molecule has 0 aromatic heterocycles. The number of non-ortho nitro benzene ring substituents is 1. The fourth-order valence-electron chi connectivity index (χ4n) is 1.81. The van der Waals surface area contributed by atoms with E-state index in [4.69, 9.17) is 9.47 Å². The van der Waals surface area contributed by atoms with Crippen molar-refractivity contribution in [3.8, 4) is 0 Å². The Morgan fingerprint density at radius 1 is 1.36 bits per heavy atom. The first-order chi connectivity index (χ1) is 10.5. The second kappa shape index (κ2) is 8.78. The topological polar surface area (TPSA) is 98.9 Å². The minimum absolute atomic E-state index is 0.0216. The number of hydrogen-bond donors (Lipinski definition) is 1. The number of nitro benzene ring substituents is 1. The molecule has 0 spiro atoms. The number of aliphatic hydroxyl groups is 1. The molecular weight excluding hydrogens is 290 g/mol. The highest BCUT2D eigenvalue weighted by Gasteiger charge is 2.16. The summed E-state index contributed by atoms with van der Waals surface area (Å²) >= 11 is 0. The van der Waals surface area contributed by atoms with Crippen LogP contribution in [0.1, 0.15) is 31.9 Å². The Labute approximate surface area is 128 Å². The monoisotopic (exact) mass is 309 g/mol. The lowest BCUT2D eigenvalue weighted by atomic mass is 10.0. The number of hydrogen-bond acceptors (Lipinski definition) is 6. The van der Waals surface area contributed by atoms with Gasteiger partial charge in [0.1, 0.15) is 5.76 Å². The van der Waals surface area contributed by atoms with E-state index in [2.05, 4.69) is 0 Å². The van der Waals surface area contributed by atoms with E-state index in [0.717, 1.165) is 0 Å². The zero-order valence-electron chi connectivity index (χ0n) is 12.5. The van der Waals surface area contributed by atoms with E-state index < -0.39 is 17.0 Å². The third kappa shape index (κ3) is 5.53. The van der Waals surface area contributed by atoms with Gasteiger partial charge in [-0.1, -0.05) is 12.1 Å². The number of aliphatic hydroxyl groups excluding tert-OH is 1. The summed E-state index contributed by atoms with van der Waals surface area (Å²) in [5.41, 5.74) is 0.271. The first-order valence-electron chi connectivity index (χ1n) is 6.90. The van der Waals surface area contributed by atoms with Gasteiger partial charge in [0.25, 0.3) is 5.69 Å². The molecule has 0 bridgehead atoms. The molecule has 0 aliphatic rings. The van der Waals surface area contributed by atoms with Crippen molar-refractivity contribution >= 4 is 11.7 Å². The lowest BCUT2D eigenvalue weighted by molar-refractivity contribution is -0.385. The third-order valence-corrected chi connectivity index (χ3v) is 2.76. The van der Waals surface area contributed by atoms with Gasteiger partial charge in [-0.2, -0.15) is 0 Å². The Balaban J connectivity index is 2.86. The molecule has 0 aliphatic carbocycles. The second-order valence-corrected chi connectivity index (χ2v) is 4.37. The average molecular weight is 309 g/mol. The Morgan fingerprint density at radius 3 is 2.64 bits per heavy atom. The average Bonchev–Trinajstić information content (AvgIpc) is 2.47. The lowest BCUT2D eigenvalue weighted by Crippen LogP contribution is -2.07. The fraction of sp³-hybridized carbons (Fsp3) is 0.400. The number of ether oxygens (including phenoxy) is 2. The number of carbonyl (C=O) groups excluding carboxylic acids is 1. The van der Waals surface area contributed by atoms with Crippen molar-refractivity contribution in [1.82, 2.24) is 0 Å². The second-order valence-electron chi connectivity index (χ2n) is 4.37. The van der Waals surface area contributed by atoms with Gasteiger partial charge >= 0.3 is 5.97 Å². The molecule has 1 atom stereocenters. The molecule has 0 heterocycles. The van der Waals surface area contributed by atoms with E-state index in [1.807, 2.05) is 0 Å². The van der Waals surface area contributed by atoms with Crippen LogP contribution in [-0.4, -0.2) is 29.2 Å². The van der Waals surface area contributed by atoms with Crippen molar-refractivity contribution in [2.24, 2.45) is 0 Å². The van der Waals surface area contributed by atoms with Crippen molar-refractivity contribution in [1.29, 1.82) is 0 Å². The highest BCUT2D eigenvalue weighted by molar-refractivity contribution is 5.82. The van der Waals surface area contributed by atoms with Crippen molar-refractivity contribution in [3.63, 3.8) is 0 Å². The van der Waals surface area contributed by atoms with Crippen LogP contribution in [0.2, 0.25) is 0 Å². The summed E-state index contributed by atoms with van der Waals surface area (Å²) in [6.45, 7) is 4.00. The molecule has 0 saturated heterocycles. The van der Waals surface area contributed by atoms with Crippen molar-refractivity contribution in [2.45, 2.75) is 26.4 Å². The maximum atomic E-state index is 11.4. The zero-order valence-corrected chi connectivity index (χ0v) is 12.5. The van der Waals surface area contributed by atoms with Crippen LogP contribution in [0.5, 0.6) is 0 Å². The van der Waals surface area contributed by atoms with Crippen molar-refractivity contribution in [3.05, 3.63) is 51.8 Å². The third-order valence-electron chi connectivity index (χ3n) is 2.76. The van der Waals surface area contributed by atoms with Gasteiger partial charge in [-0.25, -0.2) is 4.79 Å². The van der Waals surface area contributed by atoms with E-state index in [1.165, 1.54) is 24.3 Å². The number of nitrogens with zero attached hydrogens (tertiary/aromatic N) is 1. The summed E-state index contributed by atoms with van der Waals surface area (Å²) in [5, 5.41) is 20.9. The molecular formula is C15H19NO6. The predicted octanol–water partition coefficient (Wildman–Crippen LogP) is 2.50. The molecule has 1 N–H and O–H groups in total. The van der Waals surface area contributed by atoms with Crippen LogP contribution in [0.4, 0.5) is 5.69 Å². The number of carbonyl (C=O) groups is 1. The number of rotatable bonds is 8. The van der Waals surface area contributed by atoms with Crippen LogP contribution in [0.25, 0.3) is 0 Å². The summed E-state index contributed by atoms with van der Waals surface area (Å²) in [6, 6.07) is 5.70. The molecule has 0 fully saturated rings. The summed E-state index contributed by atoms with van der Waals surface area (Å²) in [7, 11) is 0.